The molecule has 0 amide bonds. The van der Waals surface area contributed by atoms with Crippen LogP contribution in [0.3, 0.4) is 0 Å². The van der Waals surface area contributed by atoms with Crippen molar-refractivity contribution in [2.45, 2.75) is 26.7 Å². The molecule has 1 aliphatic heterocycles. The molecule has 3 aromatic rings. The number of rotatable bonds is 5. The maximum atomic E-state index is 6.38. The number of halogens is 1. The predicted molar refractivity (Wildman–Crippen MR) is 115 cm³/mol. The molecule has 2 aromatic carbocycles. The lowest BCUT2D eigenvalue weighted by molar-refractivity contribution is 0.949. The van der Waals surface area contributed by atoms with Gasteiger partial charge in [0.1, 0.15) is 0 Å². The van der Waals surface area contributed by atoms with Crippen molar-refractivity contribution in [1.29, 1.82) is 0 Å². The summed E-state index contributed by atoms with van der Waals surface area (Å²) in [7, 11) is 0. The van der Waals surface area contributed by atoms with Crippen molar-refractivity contribution < 1.29 is 0 Å². The summed E-state index contributed by atoms with van der Waals surface area (Å²) in [5, 5.41) is 15.2. The molecule has 0 aliphatic carbocycles. The number of benzene rings is 2. The lowest BCUT2D eigenvalue weighted by atomic mass is 10.1. The number of anilines is 5. The van der Waals surface area contributed by atoms with Crippen LogP contribution >= 0.6 is 11.6 Å². The molecule has 6 nitrogen and oxygen atoms in total. The van der Waals surface area contributed by atoms with Crippen molar-refractivity contribution in [3.63, 3.8) is 0 Å². The van der Waals surface area contributed by atoms with E-state index in [9.17, 15) is 0 Å². The molecular weight excluding hydrogens is 372 g/mol. The molecule has 0 radical (unpaired) electrons. The van der Waals surface area contributed by atoms with Gasteiger partial charge in [-0.05, 0) is 68.1 Å². The summed E-state index contributed by atoms with van der Waals surface area (Å²) in [4.78, 5) is 6.91. The number of aryl methyl sites for hydroxylation is 2. The fourth-order valence-electron chi connectivity index (χ4n) is 3.48. The average molecular weight is 395 g/mol. The molecule has 7 heteroatoms. The minimum atomic E-state index is 0.430. The van der Waals surface area contributed by atoms with Crippen LogP contribution in [-0.2, 0) is 0 Å². The van der Waals surface area contributed by atoms with Crippen molar-refractivity contribution in [2.24, 2.45) is 0 Å². The normalized spacial score (nSPS) is 13.6. The summed E-state index contributed by atoms with van der Waals surface area (Å²) in [5.41, 5.74) is 5.17. The first-order valence-corrected chi connectivity index (χ1v) is 9.82. The van der Waals surface area contributed by atoms with Crippen LogP contribution in [0.5, 0.6) is 0 Å². The largest absolute Gasteiger partial charge is 0.372 e. The van der Waals surface area contributed by atoms with Gasteiger partial charge in [-0.2, -0.15) is 10.1 Å². The summed E-state index contributed by atoms with van der Waals surface area (Å²) in [6, 6.07) is 12.3. The van der Waals surface area contributed by atoms with Crippen molar-refractivity contribution >= 4 is 40.4 Å². The van der Waals surface area contributed by atoms with Gasteiger partial charge in [-0.3, -0.25) is 0 Å². The molecule has 0 atom stereocenters. The van der Waals surface area contributed by atoms with Crippen LogP contribution in [0.25, 0.3) is 0 Å². The Morgan fingerprint density at radius 2 is 1.75 bits per heavy atom. The van der Waals surface area contributed by atoms with Crippen LogP contribution in [0.1, 0.15) is 24.0 Å². The van der Waals surface area contributed by atoms with E-state index in [-0.39, 0.29) is 0 Å². The van der Waals surface area contributed by atoms with Gasteiger partial charge in [0, 0.05) is 24.5 Å². The van der Waals surface area contributed by atoms with Gasteiger partial charge in [0.2, 0.25) is 5.95 Å². The minimum absolute atomic E-state index is 0.430. The number of nitrogens with one attached hydrogen (secondary N) is 2. The molecular formula is C21H23ClN6. The smallest absolute Gasteiger partial charge is 0.249 e. The Kier molecular flexibility index (Phi) is 5.30. The fraction of sp³-hybridized carbons (Fsp3) is 0.286. The van der Waals surface area contributed by atoms with E-state index in [1.165, 1.54) is 18.5 Å². The Morgan fingerprint density at radius 1 is 1.00 bits per heavy atom. The zero-order chi connectivity index (χ0) is 19.5. The highest BCUT2D eigenvalue weighted by molar-refractivity contribution is 6.33. The second-order valence-corrected chi connectivity index (χ2v) is 7.50. The highest BCUT2D eigenvalue weighted by atomic mass is 35.5. The van der Waals surface area contributed by atoms with E-state index in [4.69, 9.17) is 11.6 Å². The Morgan fingerprint density at radius 3 is 2.46 bits per heavy atom. The number of hydrogen-bond acceptors (Lipinski definition) is 6. The molecule has 1 aliphatic rings. The van der Waals surface area contributed by atoms with E-state index >= 15 is 0 Å². The zero-order valence-corrected chi connectivity index (χ0v) is 16.8. The van der Waals surface area contributed by atoms with Gasteiger partial charge < -0.3 is 15.5 Å². The van der Waals surface area contributed by atoms with E-state index in [1.807, 2.05) is 32.0 Å². The first-order valence-electron chi connectivity index (χ1n) is 9.44. The summed E-state index contributed by atoms with van der Waals surface area (Å²) < 4.78 is 0. The van der Waals surface area contributed by atoms with Gasteiger partial charge in [-0.1, -0.05) is 17.7 Å². The molecule has 2 N–H and O–H groups in total. The van der Waals surface area contributed by atoms with Gasteiger partial charge in [0.15, 0.2) is 5.82 Å². The maximum Gasteiger partial charge on any atom is 0.249 e. The standard InChI is InChI=1S/C21H23ClN6/c1-14-11-15(2)20(18(22)12-14)25-19-13-23-27-21(26-19)24-16-5-7-17(8-6-16)28-9-3-4-10-28/h5-8,11-13H,3-4,9-10H2,1-2H3,(H2,24,25,26,27). The van der Waals surface area contributed by atoms with Gasteiger partial charge in [-0.15, -0.1) is 5.10 Å². The topological polar surface area (TPSA) is 66.0 Å². The van der Waals surface area contributed by atoms with Crippen molar-refractivity contribution in [1.82, 2.24) is 15.2 Å². The third-order valence-electron chi connectivity index (χ3n) is 4.84. The zero-order valence-electron chi connectivity index (χ0n) is 16.0. The van der Waals surface area contributed by atoms with Crippen LogP contribution in [0, 0.1) is 13.8 Å². The van der Waals surface area contributed by atoms with Crippen molar-refractivity contribution in [3.8, 4) is 0 Å². The van der Waals surface area contributed by atoms with Crippen LogP contribution in [-0.4, -0.2) is 28.3 Å². The van der Waals surface area contributed by atoms with Crippen LogP contribution in [0.15, 0.2) is 42.6 Å². The predicted octanol–water partition coefficient (Wildman–Crippen LogP) is 5.23. The molecule has 4 rings (SSSR count). The average Bonchev–Trinajstić information content (AvgIpc) is 3.20. The monoisotopic (exact) mass is 394 g/mol. The second-order valence-electron chi connectivity index (χ2n) is 7.09. The highest BCUT2D eigenvalue weighted by Gasteiger charge is 2.12. The third kappa shape index (κ3) is 4.17. The van der Waals surface area contributed by atoms with E-state index in [2.05, 4.69) is 48.9 Å². The Hall–Kier alpha value is -2.86. The molecule has 0 bridgehead atoms. The summed E-state index contributed by atoms with van der Waals surface area (Å²) in [6.07, 6.45) is 4.12. The van der Waals surface area contributed by atoms with E-state index in [0.29, 0.717) is 16.8 Å². The minimum Gasteiger partial charge on any atom is -0.372 e. The number of hydrogen-bond donors (Lipinski definition) is 2. The molecule has 0 saturated carbocycles. The number of nitrogens with zero attached hydrogens (tertiary/aromatic N) is 4. The van der Waals surface area contributed by atoms with Crippen molar-refractivity contribution in [3.05, 3.63) is 58.7 Å². The first-order chi connectivity index (χ1) is 13.6. The van der Waals surface area contributed by atoms with Gasteiger partial charge >= 0.3 is 0 Å². The first kappa shape index (κ1) is 18.5. The fourth-order valence-corrected chi connectivity index (χ4v) is 3.85. The lowest BCUT2D eigenvalue weighted by Crippen LogP contribution is -2.17. The summed E-state index contributed by atoms with van der Waals surface area (Å²) in [6.45, 7) is 6.30. The van der Waals surface area contributed by atoms with Crippen LogP contribution in [0.4, 0.5) is 28.8 Å². The van der Waals surface area contributed by atoms with E-state index in [0.717, 1.165) is 35.6 Å². The quantitative estimate of drug-likeness (QED) is 0.617. The molecule has 28 heavy (non-hydrogen) atoms. The molecule has 1 fully saturated rings. The Balaban J connectivity index is 1.48. The van der Waals surface area contributed by atoms with Crippen LogP contribution in [0.2, 0.25) is 5.02 Å². The molecule has 144 valence electrons. The lowest BCUT2D eigenvalue weighted by Gasteiger charge is -2.17. The molecule has 0 unspecified atom stereocenters. The van der Waals surface area contributed by atoms with E-state index in [1.54, 1.807) is 6.20 Å². The highest BCUT2D eigenvalue weighted by Crippen LogP contribution is 2.30. The summed E-state index contributed by atoms with van der Waals surface area (Å²) in [5.74, 6) is 1.01. The van der Waals surface area contributed by atoms with Gasteiger partial charge in [0.25, 0.3) is 0 Å². The maximum absolute atomic E-state index is 6.38. The molecule has 1 saturated heterocycles. The van der Waals surface area contributed by atoms with Gasteiger partial charge in [0.05, 0.1) is 16.9 Å². The second kappa shape index (κ2) is 8.02. The van der Waals surface area contributed by atoms with Gasteiger partial charge in [-0.25, -0.2) is 0 Å². The Bertz CT molecular complexity index is 944. The third-order valence-corrected chi connectivity index (χ3v) is 5.14. The molecule has 2 heterocycles. The molecule has 1 aromatic heterocycles. The van der Waals surface area contributed by atoms with Crippen LogP contribution < -0.4 is 15.5 Å². The molecule has 0 spiro atoms. The Labute approximate surface area is 170 Å². The van der Waals surface area contributed by atoms with E-state index < -0.39 is 0 Å². The summed E-state index contributed by atoms with van der Waals surface area (Å²) >= 11 is 6.38. The van der Waals surface area contributed by atoms with Crippen molar-refractivity contribution in [2.75, 3.05) is 28.6 Å². The SMILES string of the molecule is Cc1cc(C)c(Nc2cnnc(Nc3ccc(N4CCCC4)cc3)n2)c(Cl)c1. The number of aromatic nitrogens is 3.